The molecule has 0 saturated heterocycles. The standard InChI is InChI=1S/C21H23NO6S/c1-4-27-20-8-6-5-7-17(20)11-14-21(24)28-15-19(23)16-9-12-18(13-10-16)22(2)29(3,25)26/h5-14H,4,15H2,1-3H3/b14-11+. The van der Waals surface area contributed by atoms with Crippen LogP contribution in [0.4, 0.5) is 5.69 Å². The molecule has 0 saturated carbocycles. The highest BCUT2D eigenvalue weighted by molar-refractivity contribution is 7.92. The molecule has 0 aromatic heterocycles. The molecule has 8 heteroatoms. The normalized spacial score (nSPS) is 11.3. The number of rotatable bonds is 9. The van der Waals surface area contributed by atoms with Gasteiger partial charge in [0.15, 0.2) is 12.4 Å². The Bertz CT molecular complexity index is 996. The first-order valence-electron chi connectivity index (χ1n) is 8.86. The summed E-state index contributed by atoms with van der Waals surface area (Å²) >= 11 is 0. The average molecular weight is 417 g/mol. The van der Waals surface area contributed by atoms with Crippen molar-refractivity contribution >= 4 is 33.5 Å². The van der Waals surface area contributed by atoms with Crippen LogP contribution < -0.4 is 9.04 Å². The van der Waals surface area contributed by atoms with Crippen molar-refractivity contribution in [3.05, 3.63) is 65.7 Å². The maximum atomic E-state index is 12.2. The van der Waals surface area contributed by atoms with Gasteiger partial charge in [-0.15, -0.1) is 0 Å². The zero-order valence-corrected chi connectivity index (χ0v) is 17.3. The quantitative estimate of drug-likeness (QED) is 0.354. The molecule has 0 bridgehead atoms. The monoisotopic (exact) mass is 417 g/mol. The third-order valence-electron chi connectivity index (χ3n) is 4.01. The molecule has 0 amide bonds. The number of ketones is 1. The number of hydrogen-bond donors (Lipinski definition) is 0. The smallest absolute Gasteiger partial charge is 0.331 e. The molecule has 0 aliphatic rings. The maximum absolute atomic E-state index is 12.2. The molecule has 2 aromatic carbocycles. The zero-order chi connectivity index (χ0) is 21.4. The van der Waals surface area contributed by atoms with Crippen molar-refractivity contribution in [1.29, 1.82) is 0 Å². The van der Waals surface area contributed by atoms with E-state index >= 15 is 0 Å². The van der Waals surface area contributed by atoms with Crippen LogP contribution in [0.3, 0.4) is 0 Å². The molecular weight excluding hydrogens is 394 g/mol. The van der Waals surface area contributed by atoms with Gasteiger partial charge >= 0.3 is 5.97 Å². The van der Waals surface area contributed by atoms with Crippen LogP contribution in [0.2, 0.25) is 0 Å². The molecule has 2 aromatic rings. The Morgan fingerprint density at radius 3 is 2.34 bits per heavy atom. The van der Waals surface area contributed by atoms with E-state index in [2.05, 4.69) is 0 Å². The minimum atomic E-state index is -3.38. The molecule has 0 fully saturated rings. The van der Waals surface area contributed by atoms with Crippen molar-refractivity contribution in [1.82, 2.24) is 0 Å². The van der Waals surface area contributed by atoms with E-state index in [0.717, 1.165) is 16.1 Å². The number of carbonyl (C=O) groups is 2. The van der Waals surface area contributed by atoms with Gasteiger partial charge in [0.05, 0.1) is 18.6 Å². The second-order valence-corrected chi connectivity index (χ2v) is 8.13. The van der Waals surface area contributed by atoms with Gasteiger partial charge < -0.3 is 9.47 Å². The van der Waals surface area contributed by atoms with Gasteiger partial charge in [-0.2, -0.15) is 0 Å². The Labute approximate surface area is 170 Å². The molecule has 7 nitrogen and oxygen atoms in total. The molecule has 154 valence electrons. The molecular formula is C21H23NO6S. The van der Waals surface area contributed by atoms with Crippen LogP contribution in [0.15, 0.2) is 54.6 Å². The van der Waals surface area contributed by atoms with Gasteiger partial charge in [0, 0.05) is 24.3 Å². The fraction of sp³-hybridized carbons (Fsp3) is 0.238. The first kappa shape index (κ1) is 22.2. The predicted molar refractivity (Wildman–Crippen MR) is 112 cm³/mol. The molecule has 0 radical (unpaired) electrons. The lowest BCUT2D eigenvalue weighted by Crippen LogP contribution is -2.24. The van der Waals surface area contributed by atoms with E-state index in [1.165, 1.54) is 37.4 Å². The van der Waals surface area contributed by atoms with Crippen molar-refractivity contribution in [2.45, 2.75) is 6.92 Å². The molecule has 29 heavy (non-hydrogen) atoms. The van der Waals surface area contributed by atoms with E-state index < -0.39 is 28.4 Å². The van der Waals surface area contributed by atoms with E-state index in [1.54, 1.807) is 18.2 Å². The summed E-state index contributed by atoms with van der Waals surface area (Å²) in [7, 11) is -1.96. The molecule has 0 unspecified atom stereocenters. The fourth-order valence-corrected chi connectivity index (χ4v) is 2.88. The summed E-state index contributed by atoms with van der Waals surface area (Å²) in [5.74, 6) is -0.401. The number of anilines is 1. The largest absolute Gasteiger partial charge is 0.493 e. The number of hydrogen-bond acceptors (Lipinski definition) is 6. The molecule has 0 N–H and O–H groups in total. The Balaban J connectivity index is 1.94. The lowest BCUT2D eigenvalue weighted by Gasteiger charge is -2.16. The number of ether oxygens (including phenoxy) is 2. The molecule has 0 aliphatic carbocycles. The summed E-state index contributed by atoms with van der Waals surface area (Å²) in [5.41, 5.74) is 1.47. The molecule has 0 atom stereocenters. The predicted octanol–water partition coefficient (Wildman–Crippen LogP) is 2.92. The van der Waals surface area contributed by atoms with Gasteiger partial charge in [-0.25, -0.2) is 13.2 Å². The number of para-hydroxylation sites is 1. The Kier molecular flexibility index (Phi) is 7.55. The number of benzene rings is 2. The van der Waals surface area contributed by atoms with Gasteiger partial charge in [-0.3, -0.25) is 9.10 Å². The number of sulfonamides is 1. The highest BCUT2D eigenvalue weighted by atomic mass is 32.2. The van der Waals surface area contributed by atoms with Gasteiger partial charge in [-0.1, -0.05) is 18.2 Å². The van der Waals surface area contributed by atoms with Crippen LogP contribution in [0.5, 0.6) is 5.75 Å². The fourth-order valence-electron chi connectivity index (χ4n) is 2.38. The summed E-state index contributed by atoms with van der Waals surface area (Å²) in [4.78, 5) is 24.1. The van der Waals surface area contributed by atoms with Crippen molar-refractivity contribution in [3.63, 3.8) is 0 Å². The summed E-state index contributed by atoms with van der Waals surface area (Å²) < 4.78 is 34.6. The van der Waals surface area contributed by atoms with E-state index in [4.69, 9.17) is 9.47 Å². The van der Waals surface area contributed by atoms with Crippen molar-refractivity contribution in [2.24, 2.45) is 0 Å². The van der Waals surface area contributed by atoms with E-state index in [1.807, 2.05) is 19.1 Å². The third kappa shape index (κ3) is 6.46. The Morgan fingerprint density at radius 2 is 1.72 bits per heavy atom. The van der Waals surface area contributed by atoms with Gasteiger partial charge in [0.1, 0.15) is 5.75 Å². The van der Waals surface area contributed by atoms with Crippen LogP contribution in [0.25, 0.3) is 6.08 Å². The lowest BCUT2D eigenvalue weighted by molar-refractivity contribution is -0.136. The summed E-state index contributed by atoms with van der Waals surface area (Å²) in [6, 6.07) is 13.3. The second kappa shape index (κ2) is 9.88. The van der Waals surface area contributed by atoms with Crippen molar-refractivity contribution in [2.75, 3.05) is 30.8 Å². The average Bonchev–Trinajstić information content (AvgIpc) is 2.70. The van der Waals surface area contributed by atoms with Crippen molar-refractivity contribution < 1.29 is 27.5 Å². The minimum Gasteiger partial charge on any atom is -0.493 e. The van der Waals surface area contributed by atoms with Crippen molar-refractivity contribution in [3.8, 4) is 5.75 Å². The zero-order valence-electron chi connectivity index (χ0n) is 16.5. The van der Waals surface area contributed by atoms with Gasteiger partial charge in [0.25, 0.3) is 0 Å². The summed E-state index contributed by atoms with van der Waals surface area (Å²) in [6.45, 7) is 1.95. The highest BCUT2D eigenvalue weighted by Gasteiger charge is 2.13. The molecule has 0 spiro atoms. The summed E-state index contributed by atoms with van der Waals surface area (Å²) in [6.07, 6.45) is 3.88. The first-order chi connectivity index (χ1) is 13.7. The van der Waals surface area contributed by atoms with Crippen LogP contribution in [-0.2, 0) is 19.6 Å². The van der Waals surface area contributed by atoms with Gasteiger partial charge in [0.2, 0.25) is 10.0 Å². The molecule has 0 aliphatic heterocycles. The summed E-state index contributed by atoms with van der Waals surface area (Å²) in [5, 5.41) is 0. The van der Waals surface area contributed by atoms with Crippen LogP contribution in [0.1, 0.15) is 22.8 Å². The van der Waals surface area contributed by atoms with E-state index in [0.29, 0.717) is 23.6 Å². The van der Waals surface area contributed by atoms with E-state index in [-0.39, 0.29) is 0 Å². The first-order valence-corrected chi connectivity index (χ1v) is 10.7. The van der Waals surface area contributed by atoms with E-state index in [9.17, 15) is 18.0 Å². The van der Waals surface area contributed by atoms with Crippen LogP contribution in [0, 0.1) is 0 Å². The number of nitrogens with zero attached hydrogens (tertiary/aromatic N) is 1. The Morgan fingerprint density at radius 1 is 1.07 bits per heavy atom. The number of carbonyl (C=O) groups excluding carboxylic acids is 2. The molecule has 0 heterocycles. The number of esters is 1. The minimum absolute atomic E-state index is 0.314. The lowest BCUT2D eigenvalue weighted by atomic mass is 10.1. The van der Waals surface area contributed by atoms with Crippen LogP contribution in [-0.4, -0.2) is 46.7 Å². The topological polar surface area (TPSA) is 90.0 Å². The van der Waals surface area contributed by atoms with Crippen LogP contribution >= 0.6 is 0 Å². The SMILES string of the molecule is CCOc1ccccc1/C=C/C(=O)OCC(=O)c1ccc(N(C)S(C)(=O)=O)cc1. The molecule has 2 rings (SSSR count). The Hall–Kier alpha value is -3.13. The highest BCUT2D eigenvalue weighted by Crippen LogP contribution is 2.19. The second-order valence-electron chi connectivity index (χ2n) is 6.11. The number of Topliss-reactive ketones (excluding diaryl/α,β-unsaturated/α-hetero) is 1. The third-order valence-corrected chi connectivity index (χ3v) is 5.22. The maximum Gasteiger partial charge on any atom is 0.331 e. The van der Waals surface area contributed by atoms with Gasteiger partial charge in [-0.05, 0) is 43.3 Å².